The Kier molecular flexibility index (Phi) is 2.93. The number of hydrogen-bond acceptors (Lipinski definition) is 4. The minimum absolute atomic E-state index is 0.0303. The first kappa shape index (κ1) is 10.5. The quantitative estimate of drug-likeness (QED) is 0.625. The second-order valence-electron chi connectivity index (χ2n) is 4.45. The first-order chi connectivity index (χ1) is 5.92. The summed E-state index contributed by atoms with van der Waals surface area (Å²) in [5.74, 6) is -0.0695. The zero-order valence-corrected chi connectivity index (χ0v) is 8.54. The molecule has 0 amide bonds. The number of hydrogen-bond donors (Lipinski definition) is 1. The van der Waals surface area contributed by atoms with E-state index in [1.165, 1.54) is 0 Å². The van der Waals surface area contributed by atoms with Crippen molar-refractivity contribution in [1.29, 1.82) is 0 Å². The maximum Gasteiger partial charge on any atom is 0.312 e. The number of ether oxygens (including phenoxy) is 1. The Bertz CT molecular complexity index is 192. The molecule has 0 atom stereocenters. The zero-order valence-electron chi connectivity index (χ0n) is 8.54. The Morgan fingerprint density at radius 2 is 2.08 bits per heavy atom. The fraction of sp³-hybridized carbons (Fsp3) is 0.889. The van der Waals surface area contributed by atoms with Crippen LogP contribution in [0.2, 0.25) is 0 Å². The van der Waals surface area contributed by atoms with E-state index in [2.05, 4.69) is 0 Å². The van der Waals surface area contributed by atoms with Gasteiger partial charge in [0, 0.05) is 19.8 Å². The Hall–Kier alpha value is -0.610. The van der Waals surface area contributed by atoms with Crippen LogP contribution in [0, 0.1) is 5.92 Å². The second kappa shape index (κ2) is 3.64. The summed E-state index contributed by atoms with van der Waals surface area (Å²) in [6.07, 6.45) is 0. The average molecular weight is 186 g/mol. The molecule has 1 rings (SSSR count). The molecular weight excluding hydrogens is 168 g/mol. The molecule has 0 aromatic carbocycles. The number of likely N-dealkylation sites (tertiary alicyclic amines) is 1. The van der Waals surface area contributed by atoms with Crippen LogP contribution in [0.25, 0.3) is 0 Å². The average Bonchev–Trinajstić information content (AvgIpc) is 1.79. The van der Waals surface area contributed by atoms with Crippen LogP contribution in [-0.2, 0) is 9.53 Å². The molecule has 1 fully saturated rings. The fourth-order valence-electron chi connectivity index (χ4n) is 1.25. The molecule has 4 nitrogen and oxygen atoms in total. The van der Waals surface area contributed by atoms with Gasteiger partial charge in [-0.2, -0.15) is 0 Å². The van der Waals surface area contributed by atoms with E-state index >= 15 is 0 Å². The maximum atomic E-state index is 11.4. The van der Waals surface area contributed by atoms with Gasteiger partial charge in [-0.25, -0.2) is 0 Å². The number of carbonyl (C=O) groups excluding carboxylic acids is 1. The lowest BCUT2D eigenvalue weighted by Crippen LogP contribution is -2.53. The Morgan fingerprint density at radius 3 is 2.46 bits per heavy atom. The first-order valence-corrected chi connectivity index (χ1v) is 4.57. The molecule has 0 aromatic rings. The van der Waals surface area contributed by atoms with Crippen LogP contribution in [-0.4, -0.2) is 36.2 Å². The van der Waals surface area contributed by atoms with Crippen molar-refractivity contribution < 1.29 is 9.53 Å². The predicted octanol–water partition coefficient (Wildman–Crippen LogP) is 0.176. The molecule has 0 aromatic heterocycles. The van der Waals surface area contributed by atoms with E-state index in [-0.39, 0.29) is 17.5 Å². The molecule has 0 radical (unpaired) electrons. The van der Waals surface area contributed by atoms with Crippen molar-refractivity contribution in [2.24, 2.45) is 11.7 Å². The molecule has 1 aliphatic rings. The molecule has 0 unspecified atom stereocenters. The van der Waals surface area contributed by atoms with Gasteiger partial charge >= 0.3 is 5.97 Å². The van der Waals surface area contributed by atoms with Crippen LogP contribution >= 0.6 is 0 Å². The summed E-state index contributed by atoms with van der Waals surface area (Å²) in [6.45, 7) is 7.65. The van der Waals surface area contributed by atoms with Crippen molar-refractivity contribution in [2.45, 2.75) is 26.4 Å². The van der Waals surface area contributed by atoms with Gasteiger partial charge in [0.1, 0.15) is 5.60 Å². The molecule has 4 heteroatoms. The zero-order chi connectivity index (χ0) is 10.1. The Morgan fingerprint density at radius 1 is 1.54 bits per heavy atom. The molecule has 76 valence electrons. The third-order valence-electron chi connectivity index (χ3n) is 1.96. The van der Waals surface area contributed by atoms with E-state index in [0.29, 0.717) is 6.67 Å². The summed E-state index contributed by atoms with van der Waals surface area (Å²) in [5, 5.41) is 0. The lowest BCUT2D eigenvalue weighted by molar-refractivity contribution is -0.165. The molecular formula is C9H18N2O2. The van der Waals surface area contributed by atoms with Gasteiger partial charge in [0.15, 0.2) is 0 Å². The summed E-state index contributed by atoms with van der Waals surface area (Å²) in [6, 6.07) is 0. The van der Waals surface area contributed by atoms with Crippen molar-refractivity contribution in [3.8, 4) is 0 Å². The highest BCUT2D eigenvalue weighted by Crippen LogP contribution is 2.18. The van der Waals surface area contributed by atoms with Gasteiger partial charge in [-0.1, -0.05) is 0 Å². The first-order valence-electron chi connectivity index (χ1n) is 4.57. The minimum atomic E-state index is -0.375. The van der Waals surface area contributed by atoms with Gasteiger partial charge in [0.05, 0.1) is 5.92 Å². The van der Waals surface area contributed by atoms with Crippen molar-refractivity contribution in [1.82, 2.24) is 4.90 Å². The number of nitrogens with two attached hydrogens (primary N) is 1. The molecule has 13 heavy (non-hydrogen) atoms. The van der Waals surface area contributed by atoms with Crippen LogP contribution < -0.4 is 5.73 Å². The molecule has 0 spiro atoms. The van der Waals surface area contributed by atoms with Crippen molar-refractivity contribution in [2.75, 3.05) is 19.8 Å². The van der Waals surface area contributed by atoms with Crippen LogP contribution in [0.15, 0.2) is 0 Å². The SMILES string of the molecule is CC(C)(C)OC(=O)C1CN(CN)C1. The molecule has 1 aliphatic heterocycles. The molecule has 1 saturated heterocycles. The van der Waals surface area contributed by atoms with E-state index in [1.54, 1.807) is 0 Å². The lowest BCUT2D eigenvalue weighted by Gasteiger charge is -2.37. The van der Waals surface area contributed by atoms with Crippen LogP contribution in [0.3, 0.4) is 0 Å². The van der Waals surface area contributed by atoms with Gasteiger partial charge in [0.25, 0.3) is 0 Å². The fourth-order valence-corrected chi connectivity index (χ4v) is 1.25. The molecule has 0 aliphatic carbocycles. The minimum Gasteiger partial charge on any atom is -0.460 e. The summed E-state index contributed by atoms with van der Waals surface area (Å²) < 4.78 is 5.23. The summed E-state index contributed by atoms with van der Waals surface area (Å²) >= 11 is 0. The normalized spacial score (nSPS) is 19.7. The van der Waals surface area contributed by atoms with Gasteiger partial charge in [0.2, 0.25) is 0 Å². The van der Waals surface area contributed by atoms with Gasteiger partial charge in [-0.15, -0.1) is 0 Å². The van der Waals surface area contributed by atoms with E-state index < -0.39 is 0 Å². The van der Waals surface area contributed by atoms with Crippen molar-refractivity contribution >= 4 is 5.97 Å². The monoisotopic (exact) mass is 186 g/mol. The summed E-state index contributed by atoms with van der Waals surface area (Å²) in [4.78, 5) is 13.4. The van der Waals surface area contributed by atoms with E-state index in [1.807, 2.05) is 25.7 Å². The molecule has 0 bridgehead atoms. The second-order valence-corrected chi connectivity index (χ2v) is 4.45. The molecule has 0 saturated carbocycles. The van der Waals surface area contributed by atoms with Gasteiger partial charge in [-0.05, 0) is 20.8 Å². The number of nitrogens with zero attached hydrogens (tertiary/aromatic N) is 1. The highest BCUT2D eigenvalue weighted by Gasteiger charge is 2.34. The molecule has 1 heterocycles. The topological polar surface area (TPSA) is 55.6 Å². The van der Waals surface area contributed by atoms with E-state index in [9.17, 15) is 4.79 Å². The van der Waals surface area contributed by atoms with Crippen LogP contribution in [0.1, 0.15) is 20.8 Å². The number of carbonyl (C=O) groups is 1. The maximum absolute atomic E-state index is 11.4. The van der Waals surface area contributed by atoms with Crippen molar-refractivity contribution in [3.63, 3.8) is 0 Å². The van der Waals surface area contributed by atoms with Crippen LogP contribution in [0.4, 0.5) is 0 Å². The van der Waals surface area contributed by atoms with Gasteiger partial charge < -0.3 is 10.5 Å². The van der Waals surface area contributed by atoms with E-state index in [4.69, 9.17) is 10.5 Å². The summed E-state index contributed by atoms with van der Waals surface area (Å²) in [5.41, 5.74) is 5.02. The van der Waals surface area contributed by atoms with Crippen LogP contribution in [0.5, 0.6) is 0 Å². The predicted molar refractivity (Wildman–Crippen MR) is 50.0 cm³/mol. The lowest BCUT2D eigenvalue weighted by atomic mass is 10.0. The largest absolute Gasteiger partial charge is 0.460 e. The number of rotatable bonds is 2. The number of esters is 1. The van der Waals surface area contributed by atoms with E-state index in [0.717, 1.165) is 13.1 Å². The highest BCUT2D eigenvalue weighted by molar-refractivity contribution is 5.74. The molecule has 2 N–H and O–H groups in total. The third-order valence-corrected chi connectivity index (χ3v) is 1.96. The smallest absolute Gasteiger partial charge is 0.312 e. The Balaban J connectivity index is 2.27. The Labute approximate surface area is 79.0 Å². The highest BCUT2D eigenvalue weighted by atomic mass is 16.6. The third kappa shape index (κ3) is 2.97. The standard InChI is InChI=1S/C9H18N2O2/c1-9(2,3)13-8(12)7-4-11(5-7)6-10/h7H,4-6,10H2,1-3H3. The van der Waals surface area contributed by atoms with Gasteiger partial charge in [-0.3, -0.25) is 9.69 Å². The summed E-state index contributed by atoms with van der Waals surface area (Å²) in [7, 11) is 0. The van der Waals surface area contributed by atoms with Crippen molar-refractivity contribution in [3.05, 3.63) is 0 Å².